The van der Waals surface area contributed by atoms with Crippen LogP contribution in [0.4, 0.5) is 11.5 Å². The molecule has 0 bridgehead atoms. The van der Waals surface area contributed by atoms with Crippen molar-refractivity contribution in [2.24, 2.45) is 0 Å². The first-order chi connectivity index (χ1) is 13.7. The largest absolute Gasteiger partial charge is 0.497 e. The smallest absolute Gasteiger partial charge is 0.246 e. The zero-order valence-electron chi connectivity index (χ0n) is 15.7. The number of methoxy groups -OCH3 is 2. The second kappa shape index (κ2) is 9.66. The summed E-state index contributed by atoms with van der Waals surface area (Å²) in [5.74, 6) is 1.65. The molecule has 0 atom stereocenters. The van der Waals surface area contributed by atoms with Crippen LogP contribution in [0.1, 0.15) is 0 Å². The number of aromatic nitrogens is 1. The number of hydrogen-bond acceptors (Lipinski definition) is 6. The van der Waals surface area contributed by atoms with Crippen LogP contribution in [0.2, 0.25) is 0 Å². The quantitative estimate of drug-likeness (QED) is 0.575. The van der Waals surface area contributed by atoms with Crippen molar-refractivity contribution >= 4 is 29.4 Å². The van der Waals surface area contributed by atoms with Gasteiger partial charge in [-0.15, -0.1) is 0 Å². The van der Waals surface area contributed by atoms with E-state index in [-0.39, 0.29) is 12.5 Å². The lowest BCUT2D eigenvalue weighted by Crippen LogP contribution is -2.29. The molecule has 7 heteroatoms. The Bertz CT molecular complexity index is 907. The molecule has 0 fully saturated rings. The van der Waals surface area contributed by atoms with Gasteiger partial charge < -0.3 is 14.8 Å². The van der Waals surface area contributed by atoms with Crippen molar-refractivity contribution in [2.75, 3.05) is 30.4 Å². The fourth-order valence-electron chi connectivity index (χ4n) is 2.52. The maximum atomic E-state index is 12.7. The van der Waals surface area contributed by atoms with Gasteiger partial charge in [0, 0.05) is 17.2 Å². The fourth-order valence-corrected chi connectivity index (χ4v) is 3.47. The lowest BCUT2D eigenvalue weighted by Gasteiger charge is -2.25. The summed E-state index contributed by atoms with van der Waals surface area (Å²) in [7, 11) is 3.21. The highest BCUT2D eigenvalue weighted by Crippen LogP contribution is 2.38. The number of hydrogen-bond donors (Lipinski definition) is 1. The predicted molar refractivity (Wildman–Crippen MR) is 112 cm³/mol. The highest BCUT2D eigenvalue weighted by molar-refractivity contribution is 8.00. The molecule has 0 saturated heterocycles. The molecule has 0 aliphatic carbocycles. The van der Waals surface area contributed by atoms with Gasteiger partial charge in [0.05, 0.1) is 19.9 Å². The molecule has 3 rings (SSSR count). The van der Waals surface area contributed by atoms with Crippen molar-refractivity contribution in [2.45, 2.75) is 4.90 Å². The molecule has 1 aromatic heterocycles. The van der Waals surface area contributed by atoms with Crippen LogP contribution in [0.3, 0.4) is 0 Å². The van der Waals surface area contributed by atoms with E-state index in [2.05, 4.69) is 10.3 Å². The molecule has 1 amide bonds. The summed E-state index contributed by atoms with van der Waals surface area (Å²) in [5.41, 5.74) is 0.742. The van der Waals surface area contributed by atoms with Crippen molar-refractivity contribution in [3.63, 3.8) is 0 Å². The SMILES string of the molecule is COc1ccc(OC)c(N(CC(=O)Nc2ccccn2)Sc2ccccc2)c1. The minimum atomic E-state index is -0.188. The Labute approximate surface area is 168 Å². The van der Waals surface area contributed by atoms with E-state index in [0.29, 0.717) is 17.3 Å². The van der Waals surface area contributed by atoms with Crippen molar-refractivity contribution in [1.82, 2.24) is 4.98 Å². The van der Waals surface area contributed by atoms with E-state index in [9.17, 15) is 4.79 Å². The summed E-state index contributed by atoms with van der Waals surface area (Å²) >= 11 is 1.45. The van der Waals surface area contributed by atoms with Gasteiger partial charge in [-0.1, -0.05) is 24.3 Å². The van der Waals surface area contributed by atoms with Crippen LogP contribution in [-0.4, -0.2) is 31.7 Å². The molecule has 3 aromatic rings. The normalized spacial score (nSPS) is 10.2. The zero-order chi connectivity index (χ0) is 19.8. The Kier molecular flexibility index (Phi) is 6.75. The topological polar surface area (TPSA) is 63.7 Å². The summed E-state index contributed by atoms with van der Waals surface area (Å²) in [6.07, 6.45) is 1.64. The number of carbonyl (C=O) groups is 1. The first kappa shape index (κ1) is 19.6. The van der Waals surface area contributed by atoms with Gasteiger partial charge >= 0.3 is 0 Å². The third-order valence-electron chi connectivity index (χ3n) is 3.83. The molecular weight excluding hydrogens is 374 g/mol. The number of pyridine rings is 1. The molecule has 1 heterocycles. The number of amides is 1. The first-order valence-electron chi connectivity index (χ1n) is 8.63. The number of carbonyl (C=O) groups excluding carboxylic acids is 1. The third-order valence-corrected chi connectivity index (χ3v) is 4.86. The van der Waals surface area contributed by atoms with Crippen molar-refractivity contribution in [3.05, 3.63) is 72.9 Å². The van der Waals surface area contributed by atoms with E-state index in [1.807, 2.05) is 58.9 Å². The Morgan fingerprint density at radius 3 is 2.50 bits per heavy atom. The van der Waals surface area contributed by atoms with Crippen molar-refractivity contribution < 1.29 is 14.3 Å². The summed E-state index contributed by atoms with van der Waals surface area (Å²) in [6.45, 7) is 0.0969. The van der Waals surface area contributed by atoms with E-state index in [1.54, 1.807) is 32.5 Å². The number of ether oxygens (including phenoxy) is 2. The van der Waals surface area contributed by atoms with Gasteiger partial charge in [0.25, 0.3) is 0 Å². The van der Waals surface area contributed by atoms with Crippen molar-refractivity contribution in [3.8, 4) is 11.5 Å². The molecule has 0 aliphatic heterocycles. The average molecular weight is 395 g/mol. The molecular formula is C21H21N3O3S. The summed E-state index contributed by atoms with van der Waals surface area (Å²) < 4.78 is 12.7. The van der Waals surface area contributed by atoms with Crippen LogP contribution >= 0.6 is 11.9 Å². The van der Waals surface area contributed by atoms with E-state index in [1.165, 1.54) is 11.9 Å². The van der Waals surface area contributed by atoms with Crippen LogP contribution in [0.15, 0.2) is 77.8 Å². The van der Waals surface area contributed by atoms with E-state index in [4.69, 9.17) is 9.47 Å². The zero-order valence-corrected chi connectivity index (χ0v) is 16.5. The van der Waals surface area contributed by atoms with E-state index >= 15 is 0 Å². The summed E-state index contributed by atoms with van der Waals surface area (Å²) in [5, 5.41) is 2.82. The number of nitrogens with one attached hydrogen (secondary N) is 1. The van der Waals surface area contributed by atoms with Crippen molar-refractivity contribution in [1.29, 1.82) is 0 Å². The predicted octanol–water partition coefficient (Wildman–Crippen LogP) is 4.25. The summed E-state index contributed by atoms with van der Waals surface area (Å²) in [6, 6.07) is 20.7. The Morgan fingerprint density at radius 1 is 1.04 bits per heavy atom. The highest BCUT2D eigenvalue weighted by Gasteiger charge is 2.19. The number of nitrogens with zero attached hydrogens (tertiary/aromatic N) is 2. The molecule has 28 heavy (non-hydrogen) atoms. The third kappa shape index (κ3) is 5.17. The average Bonchev–Trinajstić information content (AvgIpc) is 2.74. The number of rotatable bonds is 8. The second-order valence-electron chi connectivity index (χ2n) is 5.74. The molecule has 0 aliphatic rings. The fraction of sp³-hybridized carbons (Fsp3) is 0.143. The van der Waals surface area contributed by atoms with E-state index in [0.717, 1.165) is 10.6 Å². The van der Waals surface area contributed by atoms with Crippen LogP contribution in [-0.2, 0) is 4.79 Å². The minimum absolute atomic E-state index is 0.0969. The highest BCUT2D eigenvalue weighted by atomic mass is 32.2. The Balaban J connectivity index is 1.88. The lowest BCUT2D eigenvalue weighted by molar-refractivity contribution is -0.114. The van der Waals surface area contributed by atoms with Crippen LogP contribution in [0, 0.1) is 0 Å². The molecule has 1 N–H and O–H groups in total. The molecule has 2 aromatic carbocycles. The maximum absolute atomic E-state index is 12.7. The molecule has 6 nitrogen and oxygen atoms in total. The molecule has 144 valence electrons. The second-order valence-corrected chi connectivity index (χ2v) is 6.84. The van der Waals surface area contributed by atoms with Crippen LogP contribution in [0.25, 0.3) is 0 Å². The van der Waals surface area contributed by atoms with Gasteiger partial charge in [-0.3, -0.25) is 9.10 Å². The molecule has 0 spiro atoms. The monoisotopic (exact) mass is 395 g/mol. The van der Waals surface area contributed by atoms with Gasteiger partial charge in [-0.05, 0) is 48.3 Å². The molecule has 0 saturated carbocycles. The maximum Gasteiger partial charge on any atom is 0.246 e. The van der Waals surface area contributed by atoms with Gasteiger partial charge in [0.2, 0.25) is 5.91 Å². The van der Waals surface area contributed by atoms with Gasteiger partial charge in [-0.25, -0.2) is 4.98 Å². The van der Waals surface area contributed by atoms with Crippen LogP contribution in [0.5, 0.6) is 11.5 Å². The number of anilines is 2. The van der Waals surface area contributed by atoms with E-state index < -0.39 is 0 Å². The standard InChI is InChI=1S/C21H21N3O3S/c1-26-16-11-12-19(27-2)18(14-16)24(28-17-8-4-3-5-9-17)15-21(25)23-20-10-6-7-13-22-20/h3-14H,15H2,1-2H3,(H,22,23,25). The Morgan fingerprint density at radius 2 is 1.82 bits per heavy atom. The van der Waals surface area contributed by atoms with Crippen LogP contribution < -0.4 is 19.1 Å². The first-order valence-corrected chi connectivity index (χ1v) is 9.40. The van der Waals surface area contributed by atoms with Gasteiger partial charge in [0.15, 0.2) is 0 Å². The van der Waals surface area contributed by atoms with Gasteiger partial charge in [-0.2, -0.15) is 0 Å². The molecule has 0 unspecified atom stereocenters. The number of benzene rings is 2. The Hall–Kier alpha value is -3.19. The van der Waals surface area contributed by atoms with Gasteiger partial charge in [0.1, 0.15) is 23.9 Å². The lowest BCUT2D eigenvalue weighted by atomic mass is 10.2. The minimum Gasteiger partial charge on any atom is -0.497 e. The summed E-state index contributed by atoms with van der Waals surface area (Å²) in [4.78, 5) is 17.8. The molecule has 0 radical (unpaired) electrons.